The molecule has 0 bridgehead atoms. The van der Waals surface area contributed by atoms with Crippen LogP contribution in [0.5, 0.6) is 0 Å². The summed E-state index contributed by atoms with van der Waals surface area (Å²) in [5.41, 5.74) is 0.635. The van der Waals surface area contributed by atoms with Crippen molar-refractivity contribution in [3.63, 3.8) is 0 Å². The summed E-state index contributed by atoms with van der Waals surface area (Å²) >= 11 is 35.8. The van der Waals surface area contributed by atoms with Gasteiger partial charge in [-0.3, -0.25) is 0 Å². The molecule has 0 aliphatic heterocycles. The minimum atomic E-state index is -1.30. The van der Waals surface area contributed by atoms with E-state index >= 15 is 0 Å². The molecule has 0 aliphatic carbocycles. The summed E-state index contributed by atoms with van der Waals surface area (Å²) in [6.07, 6.45) is 0. The number of rotatable bonds is 4. The fourth-order valence-electron chi connectivity index (χ4n) is 1.14. The van der Waals surface area contributed by atoms with Gasteiger partial charge in [0.25, 0.3) is 0 Å². The zero-order valence-electron chi connectivity index (χ0n) is 7.94. The van der Waals surface area contributed by atoms with Crippen LogP contribution in [0.1, 0.15) is 5.56 Å². The maximum atomic E-state index is 6.19. The molecule has 1 aromatic rings. The Morgan fingerprint density at radius 1 is 1.06 bits per heavy atom. The molecule has 0 saturated heterocycles. The molecule has 1 aromatic carbocycles. The first kappa shape index (κ1) is 15.0. The molecule has 0 saturated carbocycles. The van der Waals surface area contributed by atoms with Crippen LogP contribution in [0.15, 0.2) is 24.3 Å². The van der Waals surface area contributed by atoms with Gasteiger partial charge in [-0.25, -0.2) is 0 Å². The lowest BCUT2D eigenvalue weighted by Crippen LogP contribution is -2.33. The van der Waals surface area contributed by atoms with E-state index in [9.17, 15) is 0 Å². The number of hydrogen-bond acceptors (Lipinski definition) is 0. The summed E-state index contributed by atoms with van der Waals surface area (Å²) in [5, 5.41) is -0.621. The first-order chi connectivity index (χ1) is 7.39. The van der Waals surface area contributed by atoms with Gasteiger partial charge in [-0.05, 0) is 17.7 Å². The van der Waals surface area contributed by atoms with Crippen LogP contribution < -0.4 is 0 Å². The number of alkyl halides is 5. The van der Waals surface area contributed by atoms with Crippen LogP contribution in [-0.4, -0.2) is 16.6 Å². The summed E-state index contributed by atoms with van der Waals surface area (Å²) in [6.45, 7) is 0. The van der Waals surface area contributed by atoms with Crippen LogP contribution in [0.4, 0.5) is 0 Å². The zero-order valence-corrected chi connectivity index (χ0v) is 12.5. The van der Waals surface area contributed by atoms with Gasteiger partial charge in [0.1, 0.15) is 0 Å². The quantitative estimate of drug-likeness (QED) is 0.642. The monoisotopic (exact) mass is 338 g/mol. The Morgan fingerprint density at radius 2 is 1.56 bits per heavy atom. The Morgan fingerprint density at radius 3 is 2.00 bits per heavy atom. The molecule has 0 amide bonds. The predicted molar refractivity (Wildman–Crippen MR) is 74.8 cm³/mol. The molecule has 2 unspecified atom stereocenters. The molecule has 1 rings (SSSR count). The molecule has 0 N–H and O–H groups in total. The van der Waals surface area contributed by atoms with E-state index in [1.165, 1.54) is 0 Å². The molecule has 0 fully saturated rings. The summed E-state index contributed by atoms with van der Waals surface area (Å²) in [5.74, 6) is 0.171. The molecular weight excluding hydrogens is 333 g/mol. The lowest BCUT2D eigenvalue weighted by molar-refractivity contribution is 0.735. The van der Waals surface area contributed by atoms with Gasteiger partial charge >= 0.3 is 0 Å². The van der Waals surface area contributed by atoms with Crippen molar-refractivity contribution in [3.05, 3.63) is 34.9 Å². The molecule has 0 aromatic heterocycles. The first-order valence-electron chi connectivity index (χ1n) is 4.37. The van der Waals surface area contributed by atoms with Crippen molar-refractivity contribution >= 4 is 69.6 Å². The van der Waals surface area contributed by atoms with Crippen molar-refractivity contribution in [1.29, 1.82) is 0 Å². The van der Waals surface area contributed by atoms with E-state index in [1.54, 1.807) is 24.3 Å². The molecule has 0 spiro atoms. The standard InChI is InChI=1S/C10H8Cl6/c11-5-8(13)9(14)10(15,16)6-1-3-7(12)4-2-6/h1-4,8-9H,5H2. The smallest absolute Gasteiger partial charge is 0.125 e. The number of hydrogen-bond donors (Lipinski definition) is 0. The highest BCUT2D eigenvalue weighted by atomic mass is 35.5. The number of halogens is 6. The van der Waals surface area contributed by atoms with Crippen molar-refractivity contribution < 1.29 is 0 Å². The second kappa shape index (κ2) is 6.22. The van der Waals surface area contributed by atoms with Gasteiger partial charge in [0, 0.05) is 10.9 Å². The number of benzene rings is 1. The molecule has 0 aliphatic rings. The third kappa shape index (κ3) is 3.48. The minimum Gasteiger partial charge on any atom is -0.125 e. The van der Waals surface area contributed by atoms with Gasteiger partial charge in [-0.2, -0.15) is 0 Å². The van der Waals surface area contributed by atoms with E-state index in [4.69, 9.17) is 69.6 Å². The van der Waals surface area contributed by atoms with E-state index in [-0.39, 0.29) is 5.88 Å². The highest BCUT2D eigenvalue weighted by Gasteiger charge is 2.39. The lowest BCUT2D eigenvalue weighted by atomic mass is 10.1. The Labute approximate surface area is 125 Å². The van der Waals surface area contributed by atoms with Crippen LogP contribution in [0.25, 0.3) is 0 Å². The van der Waals surface area contributed by atoms with Gasteiger partial charge in [0.05, 0.1) is 10.8 Å². The topological polar surface area (TPSA) is 0 Å². The molecule has 16 heavy (non-hydrogen) atoms. The van der Waals surface area contributed by atoms with Gasteiger partial charge in [-0.1, -0.05) is 46.9 Å². The Balaban J connectivity index is 2.96. The SMILES string of the molecule is ClCC(Cl)C(Cl)C(Cl)(Cl)c1ccc(Cl)cc1. The summed E-state index contributed by atoms with van der Waals surface area (Å²) in [4.78, 5) is 0. The Kier molecular flexibility index (Phi) is 5.84. The van der Waals surface area contributed by atoms with Crippen molar-refractivity contribution in [1.82, 2.24) is 0 Å². The van der Waals surface area contributed by atoms with Gasteiger partial charge in [0.15, 0.2) is 4.33 Å². The molecular formula is C10H8Cl6. The fraction of sp³-hybridized carbons (Fsp3) is 0.400. The van der Waals surface area contributed by atoms with Crippen LogP contribution in [-0.2, 0) is 4.33 Å². The highest BCUT2D eigenvalue weighted by molar-refractivity contribution is 6.53. The zero-order chi connectivity index (χ0) is 12.3. The predicted octanol–water partition coefficient (Wildman–Crippen LogP) is 5.42. The van der Waals surface area contributed by atoms with Crippen LogP contribution in [0.2, 0.25) is 5.02 Å². The Hall–Kier alpha value is 0.960. The second-order valence-corrected chi connectivity index (χ2v) is 6.36. The minimum absolute atomic E-state index is 0.171. The second-order valence-electron chi connectivity index (χ2n) is 3.20. The van der Waals surface area contributed by atoms with E-state index < -0.39 is 15.1 Å². The summed E-state index contributed by atoms with van der Waals surface area (Å²) in [7, 11) is 0. The highest BCUT2D eigenvalue weighted by Crippen LogP contribution is 2.43. The van der Waals surface area contributed by atoms with Crippen molar-refractivity contribution in [3.8, 4) is 0 Å². The third-order valence-corrected chi connectivity index (χ3v) is 5.08. The average molecular weight is 341 g/mol. The normalized spacial score (nSPS) is 15.9. The van der Waals surface area contributed by atoms with Crippen molar-refractivity contribution in [2.24, 2.45) is 0 Å². The van der Waals surface area contributed by atoms with E-state index in [0.717, 1.165) is 0 Å². The molecule has 0 radical (unpaired) electrons. The summed E-state index contributed by atoms with van der Waals surface area (Å²) < 4.78 is -1.30. The summed E-state index contributed by atoms with van der Waals surface area (Å²) in [6, 6.07) is 6.78. The first-order valence-corrected chi connectivity index (χ1v) is 6.91. The average Bonchev–Trinajstić information content (AvgIpc) is 2.27. The maximum absolute atomic E-state index is 6.19. The van der Waals surface area contributed by atoms with Crippen molar-refractivity contribution in [2.45, 2.75) is 15.1 Å². The van der Waals surface area contributed by atoms with E-state index in [0.29, 0.717) is 10.6 Å². The van der Waals surface area contributed by atoms with Crippen LogP contribution >= 0.6 is 69.6 Å². The van der Waals surface area contributed by atoms with E-state index in [1.807, 2.05) is 0 Å². The Bertz CT molecular complexity index is 334. The van der Waals surface area contributed by atoms with Gasteiger partial charge in [0.2, 0.25) is 0 Å². The van der Waals surface area contributed by atoms with Crippen LogP contribution in [0, 0.1) is 0 Å². The molecule has 0 nitrogen and oxygen atoms in total. The lowest BCUT2D eigenvalue weighted by Gasteiger charge is -2.28. The third-order valence-electron chi connectivity index (χ3n) is 2.04. The van der Waals surface area contributed by atoms with Gasteiger partial charge < -0.3 is 0 Å². The maximum Gasteiger partial charge on any atom is 0.160 e. The largest absolute Gasteiger partial charge is 0.160 e. The van der Waals surface area contributed by atoms with Crippen molar-refractivity contribution in [2.75, 3.05) is 5.88 Å². The molecule has 2 atom stereocenters. The van der Waals surface area contributed by atoms with Crippen LogP contribution in [0.3, 0.4) is 0 Å². The molecule has 0 heterocycles. The van der Waals surface area contributed by atoms with Gasteiger partial charge in [-0.15, -0.1) is 34.8 Å². The van der Waals surface area contributed by atoms with E-state index in [2.05, 4.69) is 0 Å². The molecule has 6 heteroatoms. The fourth-order valence-corrected chi connectivity index (χ4v) is 2.62. The molecule has 90 valence electrons.